The maximum absolute atomic E-state index is 12.9. The first kappa shape index (κ1) is 17.4. The molecule has 0 N–H and O–H groups in total. The second kappa shape index (κ2) is 6.15. The van der Waals surface area contributed by atoms with Gasteiger partial charge >= 0.3 is 0 Å². The van der Waals surface area contributed by atoms with Gasteiger partial charge < -0.3 is 14.5 Å². The van der Waals surface area contributed by atoms with Gasteiger partial charge in [0.05, 0.1) is 0 Å². The fraction of sp³-hybridized carbons (Fsp3) is 0.368. The molecule has 1 aliphatic carbocycles. The molecule has 0 bridgehead atoms. The number of imidazole rings is 1. The first-order chi connectivity index (χ1) is 13.6. The number of aromatic nitrogens is 5. The molecule has 1 saturated carbocycles. The van der Waals surface area contributed by atoms with Crippen LogP contribution in [0.1, 0.15) is 37.3 Å². The first-order valence-corrected chi connectivity index (χ1v) is 9.50. The van der Waals surface area contributed by atoms with Crippen molar-refractivity contribution in [2.24, 2.45) is 0 Å². The summed E-state index contributed by atoms with van der Waals surface area (Å²) in [7, 11) is 1.67. The number of methoxy groups -OCH3 is 1. The molecule has 9 heteroatoms. The van der Waals surface area contributed by atoms with E-state index in [0.717, 1.165) is 30.4 Å². The lowest BCUT2D eigenvalue weighted by Crippen LogP contribution is -2.32. The van der Waals surface area contributed by atoms with Gasteiger partial charge in [0, 0.05) is 14.0 Å². The lowest BCUT2D eigenvalue weighted by atomic mass is 10.0. The molecular formula is C19H18ClN5O3. The minimum absolute atomic E-state index is 0.338. The first-order valence-electron chi connectivity index (χ1n) is 9.13. The lowest BCUT2D eigenvalue weighted by Gasteiger charge is -2.21. The second-order valence-corrected chi connectivity index (χ2v) is 7.54. The van der Waals surface area contributed by atoms with Crippen molar-refractivity contribution in [1.29, 1.82) is 0 Å². The van der Waals surface area contributed by atoms with Crippen molar-refractivity contribution in [3.63, 3.8) is 0 Å². The highest BCUT2D eigenvalue weighted by atomic mass is 35.5. The average Bonchev–Trinajstić information content (AvgIpc) is 3.44. The molecule has 1 aliphatic rings. The molecule has 144 valence electrons. The summed E-state index contributed by atoms with van der Waals surface area (Å²) in [6, 6.07) is 5.32. The largest absolute Gasteiger partial charge is 0.618 e. The molecule has 5 rings (SSSR count). The van der Waals surface area contributed by atoms with Crippen molar-refractivity contribution in [2.75, 3.05) is 7.11 Å². The summed E-state index contributed by atoms with van der Waals surface area (Å²) in [5.41, 5.74) is 2.10. The molecule has 0 aliphatic heterocycles. The number of aryl methyl sites for hydroxylation is 1. The van der Waals surface area contributed by atoms with Crippen molar-refractivity contribution in [2.45, 2.75) is 38.2 Å². The van der Waals surface area contributed by atoms with Crippen molar-refractivity contribution < 1.29 is 14.0 Å². The molecule has 0 amide bonds. The Morgan fingerprint density at radius 3 is 2.86 bits per heavy atom. The highest BCUT2D eigenvalue weighted by Crippen LogP contribution is 2.41. The number of benzene rings is 1. The Morgan fingerprint density at radius 1 is 1.32 bits per heavy atom. The van der Waals surface area contributed by atoms with Gasteiger partial charge in [-0.2, -0.15) is 9.71 Å². The molecular weight excluding hydrogens is 382 g/mol. The van der Waals surface area contributed by atoms with Gasteiger partial charge in [-0.15, -0.1) is 0 Å². The van der Waals surface area contributed by atoms with Crippen LogP contribution >= 0.6 is 11.6 Å². The fourth-order valence-corrected chi connectivity index (χ4v) is 4.41. The standard InChI is InChI=1S/C19H18ClN5O3/c1-11-15-14(17-22-18(28-23-17)19(27-2)8-3-4-9-19)21-10-24(15)13-7-5-6-12(20)16(13)25(11)26/h5-7,10H,3-4,8-9H2,1-2H3. The SMILES string of the molecule is COC1(c2nc(-c3ncn4c3c(C)[n+]([O-])c3c(Cl)cccc34)no2)CCCC1. The third kappa shape index (κ3) is 2.28. The second-order valence-electron chi connectivity index (χ2n) is 7.13. The highest BCUT2D eigenvalue weighted by molar-refractivity contribution is 6.34. The molecule has 8 nitrogen and oxygen atoms in total. The Labute approximate surface area is 165 Å². The van der Waals surface area contributed by atoms with Crippen LogP contribution in [0.25, 0.3) is 28.1 Å². The van der Waals surface area contributed by atoms with Crippen LogP contribution in [0.4, 0.5) is 0 Å². The smallest absolute Gasteiger partial charge is 0.259 e. The molecule has 3 aromatic heterocycles. The number of fused-ring (bicyclic) bond motifs is 3. The number of halogens is 1. The van der Waals surface area contributed by atoms with E-state index in [2.05, 4.69) is 15.1 Å². The van der Waals surface area contributed by atoms with Crippen LogP contribution in [0.5, 0.6) is 0 Å². The van der Waals surface area contributed by atoms with Crippen molar-refractivity contribution >= 4 is 28.2 Å². The van der Waals surface area contributed by atoms with E-state index in [1.54, 1.807) is 32.5 Å². The van der Waals surface area contributed by atoms with E-state index < -0.39 is 5.60 Å². The van der Waals surface area contributed by atoms with Gasteiger partial charge in [0.1, 0.15) is 33.7 Å². The van der Waals surface area contributed by atoms with Gasteiger partial charge in [-0.1, -0.05) is 22.8 Å². The fourth-order valence-electron chi connectivity index (χ4n) is 4.16. The van der Waals surface area contributed by atoms with E-state index >= 15 is 0 Å². The van der Waals surface area contributed by atoms with E-state index in [1.165, 1.54) is 0 Å². The summed E-state index contributed by atoms with van der Waals surface area (Å²) in [6.45, 7) is 1.73. The van der Waals surface area contributed by atoms with E-state index in [-0.39, 0.29) is 0 Å². The number of ether oxygens (including phenoxy) is 1. The van der Waals surface area contributed by atoms with Gasteiger partial charge in [0.25, 0.3) is 11.4 Å². The number of hydrogen-bond donors (Lipinski definition) is 0. The van der Waals surface area contributed by atoms with Crippen LogP contribution < -0.4 is 4.73 Å². The molecule has 0 radical (unpaired) electrons. The van der Waals surface area contributed by atoms with Crippen LogP contribution in [0.2, 0.25) is 5.02 Å². The Kier molecular flexibility index (Phi) is 3.82. The van der Waals surface area contributed by atoms with E-state index in [9.17, 15) is 5.21 Å². The molecule has 3 heterocycles. The van der Waals surface area contributed by atoms with Gasteiger partial charge in [-0.05, 0) is 37.8 Å². The summed E-state index contributed by atoms with van der Waals surface area (Å²) in [4.78, 5) is 9.06. The third-order valence-electron chi connectivity index (χ3n) is 5.67. The monoisotopic (exact) mass is 399 g/mol. The number of hydrogen-bond acceptors (Lipinski definition) is 6. The Morgan fingerprint density at radius 2 is 2.11 bits per heavy atom. The Bertz CT molecular complexity index is 1210. The predicted molar refractivity (Wildman–Crippen MR) is 102 cm³/mol. The van der Waals surface area contributed by atoms with Crippen LogP contribution in [0, 0.1) is 12.1 Å². The molecule has 28 heavy (non-hydrogen) atoms. The zero-order valence-electron chi connectivity index (χ0n) is 15.5. The average molecular weight is 400 g/mol. The lowest BCUT2D eigenvalue weighted by molar-refractivity contribution is -0.583. The van der Waals surface area contributed by atoms with E-state index in [1.807, 2.05) is 10.5 Å². The summed E-state index contributed by atoms with van der Waals surface area (Å²) < 4.78 is 13.9. The van der Waals surface area contributed by atoms with Crippen molar-refractivity contribution in [1.82, 2.24) is 19.5 Å². The zero-order valence-corrected chi connectivity index (χ0v) is 16.2. The highest BCUT2D eigenvalue weighted by Gasteiger charge is 2.41. The number of nitrogens with zero attached hydrogens (tertiary/aromatic N) is 5. The van der Waals surface area contributed by atoms with Gasteiger partial charge in [0.2, 0.25) is 11.5 Å². The molecule has 0 unspecified atom stereocenters. The van der Waals surface area contributed by atoms with Crippen LogP contribution in [0.3, 0.4) is 0 Å². The third-order valence-corrected chi connectivity index (χ3v) is 5.98. The topological polar surface area (TPSA) is 92.4 Å². The normalized spacial score (nSPS) is 16.4. The van der Waals surface area contributed by atoms with Crippen molar-refractivity contribution in [3.05, 3.63) is 46.3 Å². The zero-order chi connectivity index (χ0) is 19.5. The summed E-state index contributed by atoms with van der Waals surface area (Å²) >= 11 is 6.26. The molecule has 0 spiro atoms. The minimum atomic E-state index is -0.533. The summed E-state index contributed by atoms with van der Waals surface area (Å²) in [5, 5.41) is 17.4. The molecule has 0 atom stereocenters. The molecule has 4 aromatic rings. The Hall–Kier alpha value is -2.71. The van der Waals surface area contributed by atoms with Crippen LogP contribution in [-0.2, 0) is 10.3 Å². The van der Waals surface area contributed by atoms with E-state index in [4.69, 9.17) is 20.9 Å². The molecule has 1 fully saturated rings. The van der Waals surface area contributed by atoms with Gasteiger partial charge in [0.15, 0.2) is 0 Å². The van der Waals surface area contributed by atoms with Gasteiger partial charge in [-0.25, -0.2) is 4.98 Å². The quantitative estimate of drug-likeness (QED) is 0.386. The molecule has 0 saturated heterocycles. The van der Waals surface area contributed by atoms with Gasteiger partial charge in [-0.3, -0.25) is 4.40 Å². The maximum atomic E-state index is 12.9. The van der Waals surface area contributed by atoms with Crippen LogP contribution in [0.15, 0.2) is 29.0 Å². The number of rotatable bonds is 3. The van der Waals surface area contributed by atoms with Crippen molar-refractivity contribution in [3.8, 4) is 11.5 Å². The molecule has 1 aromatic carbocycles. The predicted octanol–water partition coefficient (Wildman–Crippen LogP) is 3.55. The maximum Gasteiger partial charge on any atom is 0.259 e. The minimum Gasteiger partial charge on any atom is -0.618 e. The Balaban J connectivity index is 1.72. The number of para-hydroxylation sites is 1. The summed E-state index contributed by atoms with van der Waals surface area (Å²) in [6.07, 6.45) is 5.45. The summed E-state index contributed by atoms with van der Waals surface area (Å²) in [5.74, 6) is 0.797. The van der Waals surface area contributed by atoms with Crippen LogP contribution in [-0.4, -0.2) is 26.6 Å². The van der Waals surface area contributed by atoms with E-state index in [0.29, 0.717) is 44.7 Å².